The molecule has 1 aliphatic carbocycles. The SMILES string of the molecule is NC1CCCCC1.O=COCc1ccccc1. The van der Waals surface area contributed by atoms with E-state index in [4.69, 9.17) is 5.73 Å². The summed E-state index contributed by atoms with van der Waals surface area (Å²) in [5.74, 6) is 0. The van der Waals surface area contributed by atoms with Crippen molar-refractivity contribution in [2.24, 2.45) is 5.73 Å². The predicted octanol–water partition coefficient (Wildman–Crippen LogP) is 2.64. The zero-order valence-corrected chi connectivity index (χ0v) is 10.2. The molecule has 2 rings (SSSR count). The third-order valence-electron chi connectivity index (χ3n) is 2.81. The maximum Gasteiger partial charge on any atom is 0.293 e. The lowest BCUT2D eigenvalue weighted by Gasteiger charge is -2.15. The average Bonchev–Trinajstić information content (AvgIpc) is 2.39. The van der Waals surface area contributed by atoms with Gasteiger partial charge in [0.05, 0.1) is 0 Å². The Bertz CT molecular complexity index is 294. The molecule has 1 aromatic rings. The third-order valence-corrected chi connectivity index (χ3v) is 2.81. The van der Waals surface area contributed by atoms with Gasteiger partial charge < -0.3 is 10.5 Å². The number of carbonyl (C=O) groups excluding carboxylic acids is 1. The highest BCUT2D eigenvalue weighted by molar-refractivity contribution is 5.37. The second-order valence-electron chi connectivity index (χ2n) is 4.29. The minimum absolute atomic E-state index is 0.365. The molecule has 17 heavy (non-hydrogen) atoms. The molecular weight excluding hydrogens is 214 g/mol. The lowest BCUT2D eigenvalue weighted by molar-refractivity contribution is -0.129. The Kier molecular flexibility index (Phi) is 7.07. The number of ether oxygens (including phenoxy) is 1. The zero-order chi connectivity index (χ0) is 12.3. The average molecular weight is 235 g/mol. The number of hydrogen-bond acceptors (Lipinski definition) is 3. The van der Waals surface area contributed by atoms with Crippen molar-refractivity contribution in [1.29, 1.82) is 0 Å². The van der Waals surface area contributed by atoms with Crippen molar-refractivity contribution in [3.63, 3.8) is 0 Å². The van der Waals surface area contributed by atoms with E-state index in [-0.39, 0.29) is 0 Å². The molecule has 0 unspecified atom stereocenters. The van der Waals surface area contributed by atoms with Crippen molar-refractivity contribution in [1.82, 2.24) is 0 Å². The molecule has 0 atom stereocenters. The van der Waals surface area contributed by atoms with Crippen LogP contribution in [0.15, 0.2) is 30.3 Å². The van der Waals surface area contributed by atoms with Crippen molar-refractivity contribution in [3.05, 3.63) is 35.9 Å². The highest BCUT2D eigenvalue weighted by Crippen LogP contribution is 2.14. The molecule has 0 bridgehead atoms. The van der Waals surface area contributed by atoms with Crippen LogP contribution in [0.3, 0.4) is 0 Å². The second-order valence-corrected chi connectivity index (χ2v) is 4.29. The Morgan fingerprint density at radius 1 is 1.18 bits per heavy atom. The number of rotatable bonds is 3. The van der Waals surface area contributed by atoms with Crippen LogP contribution in [0.5, 0.6) is 0 Å². The van der Waals surface area contributed by atoms with Crippen molar-refractivity contribution in [3.8, 4) is 0 Å². The van der Waals surface area contributed by atoms with E-state index in [1.807, 2.05) is 30.3 Å². The first-order chi connectivity index (χ1) is 8.33. The van der Waals surface area contributed by atoms with Crippen molar-refractivity contribution >= 4 is 6.47 Å². The van der Waals surface area contributed by atoms with Crippen LogP contribution in [-0.4, -0.2) is 12.5 Å². The summed E-state index contributed by atoms with van der Waals surface area (Å²) >= 11 is 0. The molecule has 3 nitrogen and oxygen atoms in total. The number of hydrogen-bond donors (Lipinski definition) is 1. The number of carbonyl (C=O) groups is 1. The Labute approximate surface area is 103 Å². The Morgan fingerprint density at radius 2 is 1.82 bits per heavy atom. The Hall–Kier alpha value is -1.35. The van der Waals surface area contributed by atoms with Gasteiger partial charge in [0.15, 0.2) is 0 Å². The number of nitrogens with two attached hydrogens (primary N) is 1. The standard InChI is InChI=1S/C8H8O2.C6H13N/c9-7-10-6-8-4-2-1-3-5-8;7-6-4-2-1-3-5-6/h1-5,7H,6H2;6H,1-5,7H2. The largest absolute Gasteiger partial charge is 0.463 e. The summed E-state index contributed by atoms with van der Waals surface area (Å²) in [6.45, 7) is 0.817. The normalized spacial score (nSPS) is 15.6. The van der Waals surface area contributed by atoms with Gasteiger partial charge in [0, 0.05) is 6.04 Å². The van der Waals surface area contributed by atoms with E-state index in [0.717, 1.165) is 5.56 Å². The molecule has 94 valence electrons. The lowest BCUT2D eigenvalue weighted by atomic mass is 9.97. The van der Waals surface area contributed by atoms with Crippen LogP contribution in [-0.2, 0) is 16.1 Å². The second kappa shape index (κ2) is 8.76. The molecular formula is C14H21NO2. The fourth-order valence-corrected chi connectivity index (χ4v) is 1.84. The quantitative estimate of drug-likeness (QED) is 0.819. The van der Waals surface area contributed by atoms with Gasteiger partial charge in [-0.15, -0.1) is 0 Å². The zero-order valence-electron chi connectivity index (χ0n) is 10.2. The molecule has 1 aliphatic rings. The summed E-state index contributed by atoms with van der Waals surface area (Å²) in [6, 6.07) is 10.1. The fraction of sp³-hybridized carbons (Fsp3) is 0.500. The van der Waals surface area contributed by atoms with Crippen LogP contribution in [0.1, 0.15) is 37.7 Å². The van der Waals surface area contributed by atoms with Crippen molar-refractivity contribution in [2.75, 3.05) is 0 Å². The monoisotopic (exact) mass is 235 g/mol. The van der Waals surface area contributed by atoms with Gasteiger partial charge in [-0.25, -0.2) is 0 Å². The smallest absolute Gasteiger partial charge is 0.293 e. The number of benzene rings is 1. The van der Waals surface area contributed by atoms with Crippen LogP contribution in [0.2, 0.25) is 0 Å². The predicted molar refractivity (Wildman–Crippen MR) is 68.4 cm³/mol. The first-order valence-corrected chi connectivity index (χ1v) is 6.17. The van der Waals surface area contributed by atoms with Crippen molar-refractivity contribution in [2.45, 2.75) is 44.8 Å². The van der Waals surface area contributed by atoms with Gasteiger partial charge in [-0.1, -0.05) is 49.6 Å². The van der Waals surface area contributed by atoms with Crippen LogP contribution in [0, 0.1) is 0 Å². The first kappa shape index (κ1) is 13.7. The van der Waals surface area contributed by atoms with Gasteiger partial charge in [0.2, 0.25) is 0 Å². The molecule has 2 N–H and O–H groups in total. The van der Waals surface area contributed by atoms with E-state index in [1.165, 1.54) is 32.1 Å². The molecule has 1 saturated carbocycles. The molecule has 1 fully saturated rings. The summed E-state index contributed by atoms with van der Waals surface area (Å²) < 4.78 is 4.54. The van der Waals surface area contributed by atoms with E-state index >= 15 is 0 Å². The summed E-state index contributed by atoms with van der Waals surface area (Å²) in [4.78, 5) is 9.76. The van der Waals surface area contributed by atoms with Gasteiger partial charge in [0.25, 0.3) is 6.47 Å². The van der Waals surface area contributed by atoms with Crippen LogP contribution in [0.4, 0.5) is 0 Å². The highest BCUT2D eigenvalue weighted by Gasteiger charge is 2.06. The van der Waals surface area contributed by atoms with Gasteiger partial charge in [-0.05, 0) is 18.4 Å². The molecule has 0 amide bonds. The molecule has 3 heteroatoms. The van der Waals surface area contributed by atoms with Gasteiger partial charge in [-0.3, -0.25) is 4.79 Å². The molecule has 1 aromatic carbocycles. The minimum atomic E-state index is 0.365. The molecule has 0 spiro atoms. The van der Waals surface area contributed by atoms with E-state index in [0.29, 0.717) is 19.1 Å². The summed E-state index contributed by atoms with van der Waals surface area (Å²) in [5, 5.41) is 0. The lowest BCUT2D eigenvalue weighted by Crippen LogP contribution is -2.22. The van der Waals surface area contributed by atoms with Crippen molar-refractivity contribution < 1.29 is 9.53 Å². The highest BCUT2D eigenvalue weighted by atomic mass is 16.5. The van der Waals surface area contributed by atoms with Gasteiger partial charge in [0.1, 0.15) is 6.61 Å². The van der Waals surface area contributed by atoms with E-state index < -0.39 is 0 Å². The minimum Gasteiger partial charge on any atom is -0.463 e. The topological polar surface area (TPSA) is 52.3 Å². The Morgan fingerprint density at radius 3 is 2.29 bits per heavy atom. The first-order valence-electron chi connectivity index (χ1n) is 6.17. The fourth-order valence-electron chi connectivity index (χ4n) is 1.84. The van der Waals surface area contributed by atoms with E-state index in [1.54, 1.807) is 0 Å². The summed E-state index contributed by atoms with van der Waals surface area (Å²) in [5.41, 5.74) is 6.64. The van der Waals surface area contributed by atoms with Gasteiger partial charge in [-0.2, -0.15) is 0 Å². The Balaban J connectivity index is 0.000000181. The van der Waals surface area contributed by atoms with Crippen LogP contribution in [0.25, 0.3) is 0 Å². The summed E-state index contributed by atoms with van der Waals surface area (Å²) in [7, 11) is 0. The molecule has 0 radical (unpaired) electrons. The van der Waals surface area contributed by atoms with E-state index in [9.17, 15) is 4.79 Å². The van der Waals surface area contributed by atoms with E-state index in [2.05, 4.69) is 4.74 Å². The summed E-state index contributed by atoms with van der Waals surface area (Å²) in [6.07, 6.45) is 6.66. The molecule has 0 aliphatic heterocycles. The maximum absolute atomic E-state index is 9.76. The maximum atomic E-state index is 9.76. The molecule has 0 aromatic heterocycles. The molecule has 0 saturated heterocycles. The van der Waals surface area contributed by atoms with Crippen LogP contribution >= 0.6 is 0 Å². The van der Waals surface area contributed by atoms with Gasteiger partial charge >= 0.3 is 0 Å². The third kappa shape index (κ3) is 6.74. The van der Waals surface area contributed by atoms with Crippen LogP contribution < -0.4 is 5.73 Å². The molecule has 0 heterocycles.